The van der Waals surface area contributed by atoms with Crippen LogP contribution in [0.5, 0.6) is 0 Å². The van der Waals surface area contributed by atoms with Crippen molar-refractivity contribution in [1.82, 2.24) is 4.98 Å². The van der Waals surface area contributed by atoms with E-state index in [1.807, 2.05) is 30.3 Å². The summed E-state index contributed by atoms with van der Waals surface area (Å²) in [6.07, 6.45) is 4.99. The van der Waals surface area contributed by atoms with E-state index in [1.54, 1.807) is 18.2 Å². The van der Waals surface area contributed by atoms with Crippen LogP contribution < -0.4 is 4.73 Å². The molecule has 25 heavy (non-hydrogen) atoms. The largest absolute Gasteiger partial charge is 0.710 e. The first-order valence-corrected chi connectivity index (χ1v) is 8.11. The van der Waals surface area contributed by atoms with Crippen LogP contribution in [0.2, 0.25) is 0 Å². The van der Waals surface area contributed by atoms with Crippen LogP contribution in [0.4, 0.5) is 5.69 Å². The fourth-order valence-corrected chi connectivity index (χ4v) is 2.71. The molecular weight excluding hydrogens is 386 g/mol. The zero-order valence-corrected chi connectivity index (χ0v) is 14.5. The maximum absolute atomic E-state index is 12.6. The van der Waals surface area contributed by atoms with Crippen molar-refractivity contribution in [2.75, 3.05) is 0 Å². The lowest BCUT2D eigenvalue weighted by atomic mass is 10.1. The lowest BCUT2D eigenvalue weighted by molar-refractivity contribution is -0.598. The summed E-state index contributed by atoms with van der Waals surface area (Å²) in [6, 6.07) is 15.1. The van der Waals surface area contributed by atoms with Crippen molar-refractivity contribution < 1.29 is 9.65 Å². The third-order valence-electron chi connectivity index (χ3n) is 3.48. The maximum Gasteiger partial charge on any atom is 0.333 e. The number of nitrogens with zero attached hydrogens (tertiary/aromatic N) is 3. The predicted molar refractivity (Wildman–Crippen MR) is 98.4 cm³/mol. The molecule has 0 saturated carbocycles. The molecule has 0 unspecified atom stereocenters. The number of halogens is 1. The molecule has 6 nitrogen and oxygen atoms in total. The Labute approximate surface area is 152 Å². The Kier molecular flexibility index (Phi) is 4.85. The Balaban J connectivity index is 1.98. The fraction of sp³-hybridized carbons (Fsp3) is 0. The van der Waals surface area contributed by atoms with Crippen molar-refractivity contribution in [3.05, 3.63) is 91.8 Å². The number of hydrogen-bond donors (Lipinski definition) is 0. The van der Waals surface area contributed by atoms with Gasteiger partial charge in [-0.15, -0.1) is 0 Å². The molecule has 0 spiro atoms. The van der Waals surface area contributed by atoms with E-state index in [4.69, 9.17) is 0 Å². The minimum absolute atomic E-state index is 0.0885. The summed E-state index contributed by atoms with van der Waals surface area (Å²) >= 11 is 3.40. The monoisotopic (exact) mass is 397 g/mol. The summed E-state index contributed by atoms with van der Waals surface area (Å²) in [5.74, 6) is 0.111. The Morgan fingerprint density at radius 2 is 1.88 bits per heavy atom. The average molecular weight is 398 g/mol. The molecule has 0 bridgehead atoms. The molecular formula is C18H12BrN3O3. The van der Waals surface area contributed by atoms with E-state index < -0.39 is 4.92 Å². The average Bonchev–Trinajstić information content (AvgIpc) is 2.61. The summed E-state index contributed by atoms with van der Waals surface area (Å²) in [5, 5.41) is 23.5. The second-order valence-electron chi connectivity index (χ2n) is 5.18. The number of non-ortho nitro benzene ring substituents is 1. The van der Waals surface area contributed by atoms with Crippen LogP contribution in [-0.4, -0.2) is 9.91 Å². The van der Waals surface area contributed by atoms with Gasteiger partial charge < -0.3 is 5.21 Å². The van der Waals surface area contributed by atoms with Crippen LogP contribution >= 0.6 is 15.9 Å². The Morgan fingerprint density at radius 1 is 1.08 bits per heavy atom. The molecule has 0 N–H and O–H groups in total. The van der Waals surface area contributed by atoms with E-state index in [-0.39, 0.29) is 11.5 Å². The van der Waals surface area contributed by atoms with Gasteiger partial charge in [0, 0.05) is 22.7 Å². The molecule has 0 atom stereocenters. The summed E-state index contributed by atoms with van der Waals surface area (Å²) in [5.41, 5.74) is 1.62. The highest BCUT2D eigenvalue weighted by Gasteiger charge is 2.16. The summed E-state index contributed by atoms with van der Waals surface area (Å²) in [4.78, 5) is 14.5. The Hall–Kier alpha value is -3.06. The van der Waals surface area contributed by atoms with E-state index in [0.29, 0.717) is 16.0 Å². The standard InChI is InChI=1S/C18H12BrN3O3/c19-15-5-1-3-13(11-15)7-8-16-9-10-20-18(21(16)23)14-4-2-6-17(12-14)22(24)25/h1-12H/b8-7+. The van der Waals surface area contributed by atoms with Gasteiger partial charge in [-0.3, -0.25) is 10.1 Å². The highest BCUT2D eigenvalue weighted by atomic mass is 79.9. The normalized spacial score (nSPS) is 10.9. The van der Waals surface area contributed by atoms with Gasteiger partial charge in [-0.25, -0.2) is 4.73 Å². The van der Waals surface area contributed by atoms with Gasteiger partial charge in [0.2, 0.25) is 0 Å². The van der Waals surface area contributed by atoms with Crippen LogP contribution in [0.25, 0.3) is 23.5 Å². The molecule has 2 aromatic carbocycles. The van der Waals surface area contributed by atoms with Crippen molar-refractivity contribution in [1.29, 1.82) is 0 Å². The van der Waals surface area contributed by atoms with Crippen molar-refractivity contribution in [2.24, 2.45) is 0 Å². The third-order valence-corrected chi connectivity index (χ3v) is 3.97. The fourth-order valence-electron chi connectivity index (χ4n) is 2.29. The second kappa shape index (κ2) is 7.23. The first-order chi connectivity index (χ1) is 12.0. The van der Waals surface area contributed by atoms with Gasteiger partial charge in [0.05, 0.1) is 10.5 Å². The highest BCUT2D eigenvalue weighted by Crippen LogP contribution is 2.20. The molecule has 7 heteroatoms. The molecule has 1 heterocycles. The maximum atomic E-state index is 12.6. The van der Waals surface area contributed by atoms with Crippen LogP contribution in [0.1, 0.15) is 11.3 Å². The van der Waals surface area contributed by atoms with Gasteiger partial charge in [-0.05, 0) is 34.8 Å². The molecule has 0 aliphatic heterocycles. The van der Waals surface area contributed by atoms with Gasteiger partial charge in [-0.1, -0.05) is 40.2 Å². The Bertz CT molecular complexity index is 973. The molecule has 1 aromatic heterocycles. The van der Waals surface area contributed by atoms with Crippen molar-refractivity contribution in [3.63, 3.8) is 0 Å². The smallest absolute Gasteiger partial charge is 0.333 e. The highest BCUT2D eigenvalue weighted by molar-refractivity contribution is 9.10. The molecule has 0 aliphatic carbocycles. The molecule has 0 amide bonds. The lowest BCUT2D eigenvalue weighted by Gasteiger charge is -2.09. The van der Waals surface area contributed by atoms with Crippen LogP contribution in [0.3, 0.4) is 0 Å². The summed E-state index contributed by atoms with van der Waals surface area (Å²) in [6.45, 7) is 0. The number of hydrogen-bond acceptors (Lipinski definition) is 4. The number of benzene rings is 2. The van der Waals surface area contributed by atoms with Gasteiger partial charge in [0.25, 0.3) is 5.69 Å². The number of nitro benzene ring substituents is 1. The van der Waals surface area contributed by atoms with Gasteiger partial charge in [-0.2, -0.15) is 0 Å². The number of nitro groups is 1. The molecule has 124 valence electrons. The molecule has 0 aliphatic rings. The zero-order valence-electron chi connectivity index (χ0n) is 12.9. The zero-order chi connectivity index (χ0) is 17.8. The quantitative estimate of drug-likeness (QED) is 0.285. The Morgan fingerprint density at radius 3 is 2.64 bits per heavy atom. The topological polar surface area (TPSA) is 83.0 Å². The van der Waals surface area contributed by atoms with E-state index in [9.17, 15) is 15.3 Å². The van der Waals surface area contributed by atoms with E-state index in [2.05, 4.69) is 20.9 Å². The number of aromatic nitrogens is 2. The van der Waals surface area contributed by atoms with Crippen molar-refractivity contribution in [2.45, 2.75) is 0 Å². The van der Waals surface area contributed by atoms with Crippen LogP contribution in [0.15, 0.2) is 65.3 Å². The molecule has 3 aromatic rings. The number of rotatable bonds is 4. The third kappa shape index (κ3) is 3.89. The summed E-state index contributed by atoms with van der Waals surface area (Å²) in [7, 11) is 0. The minimum atomic E-state index is -0.504. The van der Waals surface area contributed by atoms with Crippen molar-refractivity contribution >= 4 is 33.8 Å². The predicted octanol–water partition coefficient (Wildman–Crippen LogP) is 4.22. The first-order valence-electron chi connectivity index (χ1n) is 7.31. The summed E-state index contributed by atoms with van der Waals surface area (Å²) < 4.78 is 1.60. The first kappa shape index (κ1) is 16.8. The van der Waals surface area contributed by atoms with Crippen molar-refractivity contribution in [3.8, 4) is 11.4 Å². The minimum Gasteiger partial charge on any atom is -0.710 e. The SMILES string of the molecule is O=[N+]([O-])c1cccc(-c2nccc(/C=C/c3cccc(Br)c3)[n+]2[O-])c1. The van der Waals surface area contributed by atoms with E-state index in [0.717, 1.165) is 10.0 Å². The van der Waals surface area contributed by atoms with Gasteiger partial charge in [0.15, 0.2) is 0 Å². The molecule has 0 saturated heterocycles. The molecule has 0 fully saturated rings. The van der Waals surface area contributed by atoms with Crippen LogP contribution in [0, 0.1) is 15.3 Å². The van der Waals surface area contributed by atoms with Crippen LogP contribution in [-0.2, 0) is 0 Å². The lowest BCUT2D eigenvalue weighted by Crippen LogP contribution is -2.33. The van der Waals surface area contributed by atoms with Gasteiger partial charge >= 0.3 is 5.82 Å². The molecule has 3 rings (SSSR count). The second-order valence-corrected chi connectivity index (χ2v) is 6.10. The molecule has 0 radical (unpaired) electrons. The van der Waals surface area contributed by atoms with E-state index >= 15 is 0 Å². The van der Waals surface area contributed by atoms with Gasteiger partial charge in [0.1, 0.15) is 11.9 Å². The van der Waals surface area contributed by atoms with E-state index in [1.165, 1.54) is 24.4 Å².